The first-order valence-corrected chi connectivity index (χ1v) is 8.32. The van der Waals surface area contributed by atoms with Gasteiger partial charge in [-0.3, -0.25) is 4.79 Å². The molecule has 2 aromatic rings. The summed E-state index contributed by atoms with van der Waals surface area (Å²) < 4.78 is 26.3. The quantitative estimate of drug-likeness (QED) is 0.769. The number of halogens is 1. The lowest BCUT2D eigenvalue weighted by Gasteiger charge is -2.14. The molecule has 0 amide bonds. The smallest absolute Gasteiger partial charge is 0.326 e. The van der Waals surface area contributed by atoms with Crippen molar-refractivity contribution in [3.8, 4) is 5.75 Å². The Hall–Kier alpha value is -1.61. The van der Waals surface area contributed by atoms with Crippen LogP contribution in [0.3, 0.4) is 0 Å². The number of benzene rings is 1. The van der Waals surface area contributed by atoms with Gasteiger partial charge in [-0.2, -0.15) is 4.72 Å². The minimum Gasteiger partial charge on any atom is -0.508 e. The number of phenols is 1. The first-order valence-electron chi connectivity index (χ1n) is 5.58. The molecule has 0 spiro atoms. The van der Waals surface area contributed by atoms with Gasteiger partial charge >= 0.3 is 5.97 Å². The first-order chi connectivity index (χ1) is 9.81. The van der Waals surface area contributed by atoms with E-state index in [1.54, 1.807) is 0 Å². The summed E-state index contributed by atoms with van der Waals surface area (Å²) in [5, 5.41) is 19.9. The van der Waals surface area contributed by atoms with Crippen LogP contribution in [-0.2, 0) is 14.8 Å². The molecule has 1 atom stereocenters. The summed E-state index contributed by atoms with van der Waals surface area (Å²) in [7, 11) is -4.06. The lowest BCUT2D eigenvalue weighted by Crippen LogP contribution is -2.33. The van der Waals surface area contributed by atoms with Gasteiger partial charge in [0.2, 0.25) is 0 Å². The predicted octanol–water partition coefficient (Wildman–Crippen LogP) is 2.21. The molecule has 6 nitrogen and oxygen atoms in total. The number of thiophene rings is 1. The molecular formula is C12H10ClNO5S2. The van der Waals surface area contributed by atoms with Crippen molar-refractivity contribution in [2.75, 3.05) is 0 Å². The van der Waals surface area contributed by atoms with E-state index in [1.165, 1.54) is 35.7 Å². The van der Waals surface area contributed by atoms with Gasteiger partial charge in [-0.25, -0.2) is 8.42 Å². The second-order valence-corrected chi connectivity index (χ2v) is 7.27. The number of hydrogen-bond acceptors (Lipinski definition) is 5. The van der Waals surface area contributed by atoms with Gasteiger partial charge in [-0.15, -0.1) is 11.3 Å². The zero-order valence-electron chi connectivity index (χ0n) is 10.4. The largest absolute Gasteiger partial charge is 0.508 e. The molecular weight excluding hydrogens is 338 g/mol. The van der Waals surface area contributed by atoms with E-state index in [2.05, 4.69) is 4.72 Å². The van der Waals surface area contributed by atoms with Gasteiger partial charge in [0, 0.05) is 0 Å². The number of phenolic OH excluding ortho intramolecular Hbond substituents is 1. The summed E-state index contributed by atoms with van der Waals surface area (Å²) in [6.45, 7) is 0. The molecule has 3 N–H and O–H groups in total. The van der Waals surface area contributed by atoms with Gasteiger partial charge < -0.3 is 10.2 Å². The molecule has 1 aromatic carbocycles. The van der Waals surface area contributed by atoms with Gasteiger partial charge in [0.05, 0.1) is 5.02 Å². The fourth-order valence-corrected chi connectivity index (χ4v) is 4.49. The maximum Gasteiger partial charge on any atom is 0.326 e. The maximum absolute atomic E-state index is 12.2. The van der Waals surface area contributed by atoms with Crippen molar-refractivity contribution in [3.05, 3.63) is 46.3 Å². The first kappa shape index (κ1) is 15.8. The minimum absolute atomic E-state index is 0.0299. The molecule has 0 radical (unpaired) electrons. The van der Waals surface area contributed by atoms with Crippen LogP contribution in [0, 0.1) is 0 Å². The van der Waals surface area contributed by atoms with Gasteiger partial charge in [0.25, 0.3) is 10.0 Å². The van der Waals surface area contributed by atoms with Crippen LogP contribution in [-0.4, -0.2) is 24.6 Å². The highest BCUT2D eigenvalue weighted by Crippen LogP contribution is 2.28. The van der Waals surface area contributed by atoms with E-state index in [1.807, 2.05) is 0 Å². The van der Waals surface area contributed by atoms with Crippen LogP contribution < -0.4 is 4.72 Å². The van der Waals surface area contributed by atoms with Gasteiger partial charge in [0.15, 0.2) is 4.21 Å². The van der Waals surface area contributed by atoms with E-state index in [4.69, 9.17) is 11.6 Å². The van der Waals surface area contributed by atoms with Crippen LogP contribution in [0.15, 0.2) is 39.9 Å². The maximum atomic E-state index is 12.2. The SMILES string of the molecule is O=C(O)[C@@H](NS(=O)(=O)c1sccc1Cl)c1ccc(O)cc1. The molecule has 0 aliphatic rings. The van der Waals surface area contributed by atoms with Crippen LogP contribution in [0.5, 0.6) is 5.75 Å². The van der Waals surface area contributed by atoms with Crippen LogP contribution >= 0.6 is 22.9 Å². The van der Waals surface area contributed by atoms with Crippen LogP contribution in [0.2, 0.25) is 5.02 Å². The average molecular weight is 348 g/mol. The lowest BCUT2D eigenvalue weighted by molar-refractivity contribution is -0.139. The lowest BCUT2D eigenvalue weighted by atomic mass is 10.1. The average Bonchev–Trinajstić information content (AvgIpc) is 2.84. The Balaban J connectivity index is 2.35. The fraction of sp³-hybridized carbons (Fsp3) is 0.0833. The molecule has 21 heavy (non-hydrogen) atoms. The van der Waals surface area contributed by atoms with Crippen LogP contribution in [0.25, 0.3) is 0 Å². The monoisotopic (exact) mass is 347 g/mol. The van der Waals surface area contributed by atoms with E-state index < -0.39 is 22.0 Å². The Bertz CT molecular complexity index is 754. The number of nitrogens with one attached hydrogen (secondary N) is 1. The Morgan fingerprint density at radius 2 is 1.86 bits per heavy atom. The molecule has 0 unspecified atom stereocenters. The third kappa shape index (κ3) is 3.53. The van der Waals surface area contributed by atoms with Crippen molar-refractivity contribution in [1.29, 1.82) is 0 Å². The molecule has 112 valence electrons. The summed E-state index contributed by atoms with van der Waals surface area (Å²) in [5.74, 6) is -1.41. The Kier molecular flexibility index (Phi) is 4.52. The number of carbonyl (C=O) groups is 1. The van der Waals surface area contributed by atoms with Crippen molar-refractivity contribution in [2.45, 2.75) is 10.3 Å². The summed E-state index contributed by atoms with van der Waals surface area (Å²) in [6, 6.07) is 5.14. The highest BCUT2D eigenvalue weighted by molar-refractivity contribution is 7.91. The molecule has 0 bridgehead atoms. The van der Waals surface area contributed by atoms with Gasteiger partial charge in [-0.1, -0.05) is 23.7 Å². The minimum atomic E-state index is -4.06. The number of rotatable bonds is 5. The number of carboxylic acids is 1. The molecule has 0 aliphatic heterocycles. The number of aliphatic carboxylic acids is 1. The molecule has 0 aliphatic carbocycles. The zero-order valence-corrected chi connectivity index (χ0v) is 12.7. The standard InChI is InChI=1S/C12H10ClNO5S2/c13-9-5-6-20-12(9)21(18,19)14-10(11(16)17)7-1-3-8(15)4-2-7/h1-6,10,14-15H,(H,16,17)/t10-/m0/s1. The summed E-state index contributed by atoms with van der Waals surface area (Å²) in [6.07, 6.45) is 0. The number of aromatic hydroxyl groups is 1. The third-order valence-corrected chi connectivity index (χ3v) is 6.02. The summed E-state index contributed by atoms with van der Waals surface area (Å²) >= 11 is 6.66. The van der Waals surface area contributed by atoms with Crippen molar-refractivity contribution < 1.29 is 23.4 Å². The van der Waals surface area contributed by atoms with Crippen LogP contribution in [0.4, 0.5) is 0 Å². The predicted molar refractivity (Wildman–Crippen MR) is 78.1 cm³/mol. The van der Waals surface area contributed by atoms with Gasteiger partial charge in [0.1, 0.15) is 11.8 Å². The highest BCUT2D eigenvalue weighted by Gasteiger charge is 2.29. The van der Waals surface area contributed by atoms with E-state index in [-0.39, 0.29) is 20.5 Å². The molecule has 1 aromatic heterocycles. The molecule has 2 rings (SSSR count). The number of sulfonamides is 1. The third-order valence-electron chi connectivity index (χ3n) is 2.57. The Morgan fingerprint density at radius 1 is 1.24 bits per heavy atom. The molecule has 0 saturated heterocycles. The van der Waals surface area contributed by atoms with Crippen LogP contribution in [0.1, 0.15) is 11.6 Å². The second kappa shape index (κ2) is 6.02. The summed E-state index contributed by atoms with van der Waals surface area (Å²) in [5.41, 5.74) is 0.191. The Morgan fingerprint density at radius 3 is 2.33 bits per heavy atom. The van der Waals surface area contributed by atoms with E-state index in [9.17, 15) is 23.4 Å². The normalized spacial score (nSPS) is 13.0. The van der Waals surface area contributed by atoms with Crippen molar-refractivity contribution in [1.82, 2.24) is 4.72 Å². The van der Waals surface area contributed by atoms with Crippen molar-refractivity contribution >= 4 is 38.9 Å². The van der Waals surface area contributed by atoms with Crippen molar-refractivity contribution in [2.24, 2.45) is 0 Å². The zero-order chi connectivity index (χ0) is 15.6. The Labute approximate surface area is 129 Å². The second-order valence-electron chi connectivity index (χ2n) is 4.04. The highest BCUT2D eigenvalue weighted by atomic mass is 35.5. The van der Waals surface area contributed by atoms with Crippen molar-refractivity contribution in [3.63, 3.8) is 0 Å². The van der Waals surface area contributed by atoms with E-state index in [0.29, 0.717) is 0 Å². The van der Waals surface area contributed by atoms with E-state index in [0.717, 1.165) is 11.3 Å². The van der Waals surface area contributed by atoms with Gasteiger partial charge in [-0.05, 0) is 29.1 Å². The topological polar surface area (TPSA) is 104 Å². The summed E-state index contributed by atoms with van der Waals surface area (Å²) in [4.78, 5) is 11.3. The molecule has 9 heteroatoms. The number of hydrogen-bond donors (Lipinski definition) is 3. The molecule has 0 saturated carbocycles. The molecule has 0 fully saturated rings. The molecule has 1 heterocycles. The van der Waals surface area contributed by atoms with E-state index >= 15 is 0 Å². The fourth-order valence-electron chi connectivity index (χ4n) is 1.61. The number of carboxylic acid groups (broad SMARTS) is 1.